The Bertz CT molecular complexity index is 96.3. The minimum absolute atomic E-state index is 0. The van der Waals surface area contributed by atoms with Crippen LogP contribution < -0.4 is 4.70 Å². The highest BCUT2D eigenvalue weighted by Gasteiger charge is 2.25. The lowest BCUT2D eigenvalue weighted by atomic mass is 10.3. The Morgan fingerprint density at radius 3 is 1.82 bits per heavy atom. The number of likely N-dealkylation sites (N-methyl/N-ethyl adjacent to an activating group) is 1. The summed E-state index contributed by atoms with van der Waals surface area (Å²) in [5, 5.41) is 0. The summed E-state index contributed by atoms with van der Waals surface area (Å²) >= 11 is 0. The van der Waals surface area contributed by atoms with Gasteiger partial charge in [0.2, 0.25) is 0 Å². The summed E-state index contributed by atoms with van der Waals surface area (Å²) in [6.07, 6.45) is 0. The van der Waals surface area contributed by atoms with E-state index in [1.165, 1.54) is 30.7 Å². The van der Waals surface area contributed by atoms with E-state index in [1.807, 2.05) is 0 Å². The van der Waals surface area contributed by atoms with Gasteiger partial charge in [-0.25, -0.2) is 0 Å². The van der Waals surface area contributed by atoms with Crippen LogP contribution in [0, 0.1) is 0 Å². The van der Waals surface area contributed by atoms with Crippen molar-refractivity contribution in [3.8, 4) is 0 Å². The summed E-state index contributed by atoms with van der Waals surface area (Å²) < 4.78 is 6.58. The Kier molecular flexibility index (Phi) is 4.61. The van der Waals surface area contributed by atoms with Gasteiger partial charge in [0.1, 0.15) is 13.1 Å². The van der Waals surface area contributed by atoms with Crippen molar-refractivity contribution < 1.29 is 13.9 Å². The van der Waals surface area contributed by atoms with Crippen LogP contribution in [-0.4, -0.2) is 43.9 Å². The van der Waals surface area contributed by atoms with Crippen LogP contribution in [0.5, 0.6) is 0 Å². The Hall–Kier alpha value is -0.150. The van der Waals surface area contributed by atoms with Gasteiger partial charge in [0.05, 0.1) is 26.3 Å². The zero-order valence-electron chi connectivity index (χ0n) is 7.48. The Balaban J connectivity index is 0.000001000. The normalized spacial score (nSPS) is 22.4. The van der Waals surface area contributed by atoms with Gasteiger partial charge in [0, 0.05) is 0 Å². The lowest BCUT2D eigenvalue weighted by Crippen LogP contribution is -3.00. The quantitative estimate of drug-likeness (QED) is 0.423. The molecule has 2 nitrogen and oxygen atoms in total. The van der Waals surface area contributed by atoms with Crippen molar-refractivity contribution in [3.05, 3.63) is 0 Å². The third kappa shape index (κ3) is 2.42. The van der Waals surface area contributed by atoms with Crippen molar-refractivity contribution in [1.82, 2.24) is 0 Å². The molecule has 0 saturated carbocycles. The molecule has 0 radical (unpaired) electrons. The Morgan fingerprint density at radius 1 is 1.09 bits per heavy atom. The molecule has 3 heteroatoms. The summed E-state index contributed by atoms with van der Waals surface area (Å²) in [6, 6.07) is 0. The van der Waals surface area contributed by atoms with E-state index in [0.717, 1.165) is 13.2 Å². The Labute approximate surface area is 68.1 Å². The first kappa shape index (κ1) is 10.8. The number of hydrogen-bond acceptors (Lipinski definition) is 1. The standard InChI is InChI=1S/C8H18NO.FH/c1-3-9(4-2)5-7-10-8-6-9;/h3-8H2,1-2H3;1H/q+1;/p-1. The number of hydrogen-bond donors (Lipinski definition) is 0. The van der Waals surface area contributed by atoms with Crippen molar-refractivity contribution in [2.75, 3.05) is 39.4 Å². The molecule has 0 spiro atoms. The first-order valence-corrected chi connectivity index (χ1v) is 4.26. The van der Waals surface area contributed by atoms with Crippen LogP contribution in [0.4, 0.5) is 0 Å². The van der Waals surface area contributed by atoms with Crippen LogP contribution in [0.25, 0.3) is 0 Å². The number of morpholine rings is 1. The summed E-state index contributed by atoms with van der Waals surface area (Å²) in [6.45, 7) is 11.4. The molecule has 0 bridgehead atoms. The molecule has 1 heterocycles. The topological polar surface area (TPSA) is 9.23 Å². The van der Waals surface area contributed by atoms with Gasteiger partial charge in [-0.2, -0.15) is 0 Å². The first-order valence-electron chi connectivity index (χ1n) is 4.26. The van der Waals surface area contributed by atoms with E-state index in [9.17, 15) is 0 Å². The van der Waals surface area contributed by atoms with E-state index < -0.39 is 0 Å². The highest BCUT2D eigenvalue weighted by atomic mass is 19.0. The highest BCUT2D eigenvalue weighted by molar-refractivity contribution is 4.46. The highest BCUT2D eigenvalue weighted by Crippen LogP contribution is 2.09. The van der Waals surface area contributed by atoms with Crippen LogP contribution in [0.3, 0.4) is 0 Å². The third-order valence-electron chi connectivity index (χ3n) is 2.76. The molecule has 0 unspecified atom stereocenters. The fraction of sp³-hybridized carbons (Fsp3) is 1.00. The summed E-state index contributed by atoms with van der Waals surface area (Å²) in [7, 11) is 0. The van der Waals surface area contributed by atoms with Crippen molar-refractivity contribution in [3.63, 3.8) is 0 Å². The molecule has 0 aliphatic carbocycles. The van der Waals surface area contributed by atoms with E-state index in [0.29, 0.717) is 0 Å². The van der Waals surface area contributed by atoms with Crippen LogP contribution in [0.2, 0.25) is 0 Å². The molecule has 1 aliphatic heterocycles. The molecule has 68 valence electrons. The maximum Gasteiger partial charge on any atom is 0.102 e. The molecule has 1 rings (SSSR count). The van der Waals surface area contributed by atoms with Gasteiger partial charge in [-0.3, -0.25) is 0 Å². The van der Waals surface area contributed by atoms with E-state index in [4.69, 9.17) is 4.74 Å². The van der Waals surface area contributed by atoms with E-state index >= 15 is 0 Å². The van der Waals surface area contributed by atoms with Gasteiger partial charge in [-0.1, -0.05) is 0 Å². The number of halogens is 1. The average molecular weight is 163 g/mol. The largest absolute Gasteiger partial charge is 1.00 e. The molecular weight excluding hydrogens is 145 g/mol. The van der Waals surface area contributed by atoms with Crippen molar-refractivity contribution >= 4 is 0 Å². The molecule has 11 heavy (non-hydrogen) atoms. The minimum atomic E-state index is 0. The minimum Gasteiger partial charge on any atom is -1.00 e. The summed E-state index contributed by atoms with van der Waals surface area (Å²) in [5.74, 6) is 0. The molecule has 0 aromatic rings. The smallest absolute Gasteiger partial charge is 0.102 e. The molecule has 0 aromatic heterocycles. The second-order valence-corrected chi connectivity index (χ2v) is 3.03. The molecule has 1 saturated heterocycles. The number of nitrogens with zero attached hydrogens (tertiary/aromatic N) is 1. The second-order valence-electron chi connectivity index (χ2n) is 3.03. The van der Waals surface area contributed by atoms with Crippen LogP contribution in [0.15, 0.2) is 0 Å². The second kappa shape index (κ2) is 4.67. The average Bonchev–Trinajstić information content (AvgIpc) is 2.06. The first-order chi connectivity index (χ1) is 4.83. The zero-order chi connectivity index (χ0) is 7.45. The fourth-order valence-corrected chi connectivity index (χ4v) is 1.59. The van der Waals surface area contributed by atoms with E-state index in [2.05, 4.69) is 13.8 Å². The molecule has 0 aromatic carbocycles. The summed E-state index contributed by atoms with van der Waals surface area (Å²) in [4.78, 5) is 0. The number of quaternary nitrogens is 1. The Morgan fingerprint density at radius 2 is 1.55 bits per heavy atom. The zero-order valence-corrected chi connectivity index (χ0v) is 7.48. The van der Waals surface area contributed by atoms with Crippen LogP contribution in [0.1, 0.15) is 13.8 Å². The van der Waals surface area contributed by atoms with Gasteiger partial charge < -0.3 is 13.9 Å². The number of ether oxygens (including phenoxy) is 1. The molecule has 1 aliphatic rings. The van der Waals surface area contributed by atoms with Gasteiger partial charge in [0.15, 0.2) is 0 Å². The monoisotopic (exact) mass is 163 g/mol. The molecule has 0 N–H and O–H groups in total. The third-order valence-corrected chi connectivity index (χ3v) is 2.76. The van der Waals surface area contributed by atoms with E-state index in [1.54, 1.807) is 0 Å². The number of rotatable bonds is 2. The molecule has 0 atom stereocenters. The lowest BCUT2D eigenvalue weighted by molar-refractivity contribution is -0.931. The van der Waals surface area contributed by atoms with Crippen LogP contribution in [-0.2, 0) is 4.74 Å². The predicted octanol–water partition coefficient (Wildman–Crippen LogP) is -2.12. The molecular formula is C8H18FNO. The van der Waals surface area contributed by atoms with Gasteiger partial charge in [0.25, 0.3) is 0 Å². The predicted molar refractivity (Wildman–Crippen MR) is 41.9 cm³/mol. The maximum atomic E-state index is 5.31. The van der Waals surface area contributed by atoms with Crippen molar-refractivity contribution in [1.29, 1.82) is 0 Å². The van der Waals surface area contributed by atoms with Gasteiger partial charge in [-0.15, -0.1) is 0 Å². The summed E-state index contributed by atoms with van der Waals surface area (Å²) in [5.41, 5.74) is 0. The van der Waals surface area contributed by atoms with Crippen molar-refractivity contribution in [2.45, 2.75) is 13.8 Å². The van der Waals surface area contributed by atoms with Crippen LogP contribution >= 0.6 is 0 Å². The lowest BCUT2D eigenvalue weighted by Gasteiger charge is -2.39. The SMILES string of the molecule is CC[N+]1(CC)CCOCC1.[F-]. The molecule has 1 fully saturated rings. The molecule has 0 amide bonds. The van der Waals surface area contributed by atoms with E-state index in [-0.39, 0.29) is 4.70 Å². The maximum absolute atomic E-state index is 5.31. The van der Waals surface area contributed by atoms with Gasteiger partial charge in [-0.05, 0) is 13.8 Å². The van der Waals surface area contributed by atoms with Crippen molar-refractivity contribution in [2.24, 2.45) is 0 Å². The van der Waals surface area contributed by atoms with Gasteiger partial charge >= 0.3 is 0 Å². The fourth-order valence-electron chi connectivity index (χ4n) is 1.59.